The van der Waals surface area contributed by atoms with Gasteiger partial charge in [-0.2, -0.15) is 21.0 Å². The topological polar surface area (TPSA) is 105 Å². The van der Waals surface area contributed by atoms with Gasteiger partial charge in [0.05, 0.1) is 21.1 Å². The molecule has 0 aromatic carbocycles. The van der Waals surface area contributed by atoms with E-state index in [9.17, 15) is 0 Å². The van der Waals surface area contributed by atoms with Gasteiger partial charge in [-0.3, -0.25) is 0 Å². The summed E-state index contributed by atoms with van der Waals surface area (Å²) in [5, 5.41) is 36.5. The fourth-order valence-corrected chi connectivity index (χ4v) is 6.71. The Morgan fingerprint density at radius 1 is 0.737 bits per heavy atom. The van der Waals surface area contributed by atoms with E-state index >= 15 is 0 Å². The summed E-state index contributed by atoms with van der Waals surface area (Å²) >= 11 is 3.48. The van der Waals surface area contributed by atoms with E-state index in [2.05, 4.69) is 25.1 Å². The molecule has 8 heteroatoms. The van der Waals surface area contributed by atoms with Gasteiger partial charge in [-0.05, 0) is 73.0 Å². The van der Waals surface area contributed by atoms with Crippen molar-refractivity contribution in [2.75, 3.05) is 0 Å². The van der Waals surface area contributed by atoms with Crippen molar-refractivity contribution in [1.29, 1.82) is 21.0 Å². The third-order valence-corrected chi connectivity index (χ3v) is 8.82. The summed E-state index contributed by atoms with van der Waals surface area (Å²) in [6, 6.07) is 22.2. The van der Waals surface area contributed by atoms with E-state index in [0.717, 1.165) is 51.8 Å². The Morgan fingerprint density at radius 2 is 1.26 bits per heavy atom. The van der Waals surface area contributed by atoms with E-state index in [4.69, 9.17) is 21.0 Å². The Balaban J connectivity index is 1.73. The van der Waals surface area contributed by atoms with Crippen LogP contribution in [0.4, 0.5) is 0 Å². The molecule has 0 spiro atoms. The van der Waals surface area contributed by atoms with E-state index in [1.165, 1.54) is 15.3 Å². The highest BCUT2D eigenvalue weighted by Gasteiger charge is 2.18. The lowest BCUT2D eigenvalue weighted by Gasteiger charge is -2.03. The van der Waals surface area contributed by atoms with Crippen LogP contribution in [-0.4, -0.2) is 9.13 Å². The summed E-state index contributed by atoms with van der Waals surface area (Å²) in [4.78, 5) is 4.70. The molecule has 0 aliphatic heterocycles. The summed E-state index contributed by atoms with van der Waals surface area (Å²) in [6.45, 7) is 2.19. The van der Waals surface area contributed by atoms with Crippen LogP contribution in [0.5, 0.6) is 0 Å². The molecule has 0 fully saturated rings. The number of nitrogens with zero attached hydrogens (tertiary/aromatic N) is 6. The molecular formula is C30H24N6S2. The summed E-state index contributed by atoms with van der Waals surface area (Å²) in [5.74, 6) is 0. The van der Waals surface area contributed by atoms with Gasteiger partial charge in [0.25, 0.3) is 0 Å². The van der Waals surface area contributed by atoms with Crippen LogP contribution in [0.25, 0.3) is 43.0 Å². The van der Waals surface area contributed by atoms with Crippen LogP contribution in [0, 0.1) is 45.3 Å². The van der Waals surface area contributed by atoms with Crippen LogP contribution in [-0.2, 0) is 20.5 Å². The first-order chi connectivity index (χ1) is 18.4. The van der Waals surface area contributed by atoms with Crippen LogP contribution in [0.15, 0.2) is 53.6 Å². The normalized spacial score (nSPS) is 10.2. The van der Waals surface area contributed by atoms with Gasteiger partial charge >= 0.3 is 0 Å². The van der Waals surface area contributed by atoms with E-state index < -0.39 is 0 Å². The van der Waals surface area contributed by atoms with Crippen molar-refractivity contribution in [2.45, 2.75) is 26.2 Å². The zero-order valence-corrected chi connectivity index (χ0v) is 23.0. The van der Waals surface area contributed by atoms with Gasteiger partial charge in [0.15, 0.2) is 0 Å². The number of thiophene rings is 2. The summed E-state index contributed by atoms with van der Waals surface area (Å²) in [6.07, 6.45) is 6.42. The Bertz CT molecular complexity index is 1690. The minimum absolute atomic E-state index is 0.0760. The van der Waals surface area contributed by atoms with Gasteiger partial charge in [0, 0.05) is 35.2 Å². The van der Waals surface area contributed by atoms with Crippen molar-refractivity contribution in [3.8, 4) is 55.2 Å². The predicted molar refractivity (Wildman–Crippen MR) is 153 cm³/mol. The number of nitriles is 4. The van der Waals surface area contributed by atoms with Crippen molar-refractivity contribution in [2.24, 2.45) is 14.1 Å². The number of aromatic nitrogens is 2. The standard InChI is InChI=1S/C30H24N6S2/c1-4-5-6-22-15-29(26-10-8-24(36(26)3)14-21(18-33)19-34)38-30(22)28-12-11-27(37-28)25-9-7-23(35(25)2)13-20(16-31)17-32/h7-15H,4-6H2,1-3H3. The smallest absolute Gasteiger partial charge is 0.131 e. The third kappa shape index (κ3) is 5.24. The average Bonchev–Trinajstić information content (AvgIpc) is 3.71. The first-order valence-corrected chi connectivity index (χ1v) is 13.7. The molecule has 0 N–H and O–H groups in total. The second-order valence-corrected chi connectivity index (χ2v) is 10.8. The molecule has 0 aliphatic carbocycles. The molecule has 4 aromatic rings. The maximum atomic E-state index is 9.14. The number of hydrogen-bond acceptors (Lipinski definition) is 6. The quantitative estimate of drug-likeness (QED) is 0.217. The molecule has 186 valence electrons. The third-order valence-electron chi connectivity index (χ3n) is 6.33. The number of unbranched alkanes of at least 4 members (excludes halogenated alkanes) is 1. The Kier molecular flexibility index (Phi) is 8.10. The summed E-state index contributed by atoms with van der Waals surface area (Å²) < 4.78 is 4.02. The van der Waals surface area contributed by atoms with Gasteiger partial charge in [-0.1, -0.05) is 13.3 Å². The second-order valence-electron chi connectivity index (χ2n) is 8.70. The molecule has 0 saturated heterocycles. The second kappa shape index (κ2) is 11.6. The van der Waals surface area contributed by atoms with Crippen LogP contribution in [0.3, 0.4) is 0 Å². The molecule has 0 atom stereocenters. The SMILES string of the molecule is CCCCc1cc(-c2ccc(C=C(C#N)C#N)n2C)sc1-c1ccc(-c2ccc(C=C(C#N)C#N)n2C)s1. The number of aryl methyl sites for hydroxylation is 1. The molecule has 0 unspecified atom stereocenters. The zero-order chi connectivity index (χ0) is 27.2. The van der Waals surface area contributed by atoms with E-state index in [-0.39, 0.29) is 11.1 Å². The predicted octanol–water partition coefficient (Wildman–Crippen LogP) is 7.69. The molecule has 0 aliphatic rings. The number of rotatable bonds is 8. The van der Waals surface area contributed by atoms with Crippen molar-refractivity contribution < 1.29 is 0 Å². The highest BCUT2D eigenvalue weighted by Crippen LogP contribution is 2.44. The van der Waals surface area contributed by atoms with Gasteiger partial charge in [-0.15, -0.1) is 22.7 Å². The van der Waals surface area contributed by atoms with Crippen LogP contribution >= 0.6 is 22.7 Å². The lowest BCUT2D eigenvalue weighted by Crippen LogP contribution is -1.93. The van der Waals surface area contributed by atoms with E-state index in [1.54, 1.807) is 34.8 Å². The largest absolute Gasteiger partial charge is 0.343 e. The molecule has 4 heterocycles. The molecule has 0 bridgehead atoms. The van der Waals surface area contributed by atoms with Gasteiger partial charge in [0.1, 0.15) is 35.4 Å². The van der Waals surface area contributed by atoms with Crippen LogP contribution < -0.4 is 0 Å². The first-order valence-electron chi connectivity index (χ1n) is 12.0. The maximum absolute atomic E-state index is 9.14. The Labute approximate surface area is 230 Å². The molecule has 0 radical (unpaired) electrons. The minimum Gasteiger partial charge on any atom is -0.343 e. The van der Waals surface area contributed by atoms with Crippen molar-refractivity contribution >= 4 is 34.8 Å². The lowest BCUT2D eigenvalue weighted by atomic mass is 10.1. The molecule has 6 nitrogen and oxygen atoms in total. The highest BCUT2D eigenvalue weighted by molar-refractivity contribution is 7.25. The summed E-state index contributed by atoms with van der Waals surface area (Å²) in [7, 11) is 3.89. The lowest BCUT2D eigenvalue weighted by molar-refractivity contribution is 0.798. The van der Waals surface area contributed by atoms with Crippen molar-refractivity contribution in [3.63, 3.8) is 0 Å². The molecule has 4 rings (SSSR count). The van der Waals surface area contributed by atoms with Crippen LogP contribution in [0.2, 0.25) is 0 Å². The van der Waals surface area contributed by atoms with Crippen molar-refractivity contribution in [3.05, 3.63) is 70.6 Å². The zero-order valence-electron chi connectivity index (χ0n) is 21.3. The fraction of sp³-hybridized carbons (Fsp3) is 0.200. The van der Waals surface area contributed by atoms with Crippen molar-refractivity contribution in [1.82, 2.24) is 9.13 Å². The maximum Gasteiger partial charge on any atom is 0.131 e. The molecule has 4 aromatic heterocycles. The van der Waals surface area contributed by atoms with Gasteiger partial charge in [0.2, 0.25) is 0 Å². The Morgan fingerprint density at radius 3 is 1.79 bits per heavy atom. The average molecular weight is 533 g/mol. The van der Waals surface area contributed by atoms with Gasteiger partial charge in [-0.25, -0.2) is 0 Å². The molecule has 0 amide bonds. The monoisotopic (exact) mass is 532 g/mol. The number of allylic oxidation sites excluding steroid dienone is 2. The molecule has 0 saturated carbocycles. The molecular weight excluding hydrogens is 509 g/mol. The fourth-order valence-electron chi connectivity index (χ4n) is 4.23. The number of hydrogen-bond donors (Lipinski definition) is 0. The van der Waals surface area contributed by atoms with Gasteiger partial charge < -0.3 is 9.13 Å². The Hall–Kier alpha value is -4.60. The molecule has 38 heavy (non-hydrogen) atoms. The highest BCUT2D eigenvalue weighted by atomic mass is 32.1. The van der Waals surface area contributed by atoms with E-state index in [0.29, 0.717) is 0 Å². The summed E-state index contributed by atoms with van der Waals surface area (Å²) in [5.41, 5.74) is 5.16. The minimum atomic E-state index is 0.0760. The van der Waals surface area contributed by atoms with Crippen LogP contribution in [0.1, 0.15) is 36.7 Å². The van der Waals surface area contributed by atoms with E-state index in [1.807, 2.05) is 71.8 Å². The first kappa shape index (κ1) is 26.5.